The molecule has 4 nitrogen and oxygen atoms in total. The molecule has 1 atom stereocenters. The van der Waals surface area contributed by atoms with E-state index < -0.39 is 0 Å². The number of amides is 2. The fraction of sp³-hybridized carbons (Fsp3) is 0.833. The van der Waals surface area contributed by atoms with Gasteiger partial charge >= 0.3 is 0 Å². The number of carbonyl (C=O) groups is 2. The molecule has 2 fully saturated rings. The molecule has 0 aromatic carbocycles. The van der Waals surface area contributed by atoms with Crippen LogP contribution in [-0.4, -0.2) is 35.8 Å². The molecule has 0 bridgehead atoms. The number of hydrogen-bond donors (Lipinski definition) is 1. The minimum Gasteiger partial charge on any atom is -0.345 e. The van der Waals surface area contributed by atoms with Crippen LogP contribution in [0.1, 0.15) is 33.1 Å². The van der Waals surface area contributed by atoms with E-state index in [9.17, 15) is 9.59 Å². The molecule has 16 heavy (non-hydrogen) atoms. The third-order valence-electron chi connectivity index (χ3n) is 3.65. The summed E-state index contributed by atoms with van der Waals surface area (Å²) in [4.78, 5) is 25.4. The highest BCUT2D eigenvalue weighted by molar-refractivity contribution is 5.94. The Balaban J connectivity index is 2.07. The average Bonchev–Trinajstić information content (AvgIpc) is 2.15. The molecule has 1 N–H and O–H groups in total. The second kappa shape index (κ2) is 4.44. The largest absolute Gasteiger partial charge is 0.345 e. The summed E-state index contributed by atoms with van der Waals surface area (Å²) < 4.78 is 0. The maximum absolute atomic E-state index is 11.8. The van der Waals surface area contributed by atoms with Crippen LogP contribution in [0.3, 0.4) is 0 Å². The second-order valence-electron chi connectivity index (χ2n) is 5.25. The lowest BCUT2D eigenvalue weighted by atomic mass is 9.84. The summed E-state index contributed by atoms with van der Waals surface area (Å²) in [6, 6.07) is -0.262. The third-order valence-corrected chi connectivity index (χ3v) is 3.65. The van der Waals surface area contributed by atoms with Crippen LogP contribution < -0.4 is 5.32 Å². The zero-order valence-electron chi connectivity index (χ0n) is 10.0. The molecule has 1 aliphatic heterocycles. The highest BCUT2D eigenvalue weighted by Gasteiger charge is 2.38. The van der Waals surface area contributed by atoms with Crippen LogP contribution in [0.2, 0.25) is 0 Å². The van der Waals surface area contributed by atoms with Crippen LogP contribution in [0.4, 0.5) is 0 Å². The van der Waals surface area contributed by atoms with Crippen molar-refractivity contribution in [1.82, 2.24) is 10.2 Å². The summed E-state index contributed by atoms with van der Waals surface area (Å²) >= 11 is 0. The van der Waals surface area contributed by atoms with Crippen molar-refractivity contribution in [2.24, 2.45) is 11.8 Å². The van der Waals surface area contributed by atoms with Crippen molar-refractivity contribution in [3.63, 3.8) is 0 Å². The SMILES string of the molecule is CC(C)C1C(=O)NCC(=O)N1CC1CCC1. The smallest absolute Gasteiger partial charge is 0.243 e. The first-order chi connectivity index (χ1) is 7.59. The molecule has 0 radical (unpaired) electrons. The Morgan fingerprint density at radius 2 is 2.06 bits per heavy atom. The molecular formula is C12H20N2O2. The fourth-order valence-corrected chi connectivity index (χ4v) is 2.50. The van der Waals surface area contributed by atoms with E-state index in [0.29, 0.717) is 5.92 Å². The first-order valence-electron chi connectivity index (χ1n) is 6.16. The van der Waals surface area contributed by atoms with E-state index in [1.807, 2.05) is 13.8 Å². The van der Waals surface area contributed by atoms with Gasteiger partial charge in [0, 0.05) is 6.54 Å². The molecule has 0 aromatic heterocycles. The molecule has 2 rings (SSSR count). The van der Waals surface area contributed by atoms with Crippen molar-refractivity contribution in [2.75, 3.05) is 13.1 Å². The van der Waals surface area contributed by atoms with Gasteiger partial charge in [-0.3, -0.25) is 9.59 Å². The van der Waals surface area contributed by atoms with Crippen LogP contribution in [0.25, 0.3) is 0 Å². The topological polar surface area (TPSA) is 49.4 Å². The van der Waals surface area contributed by atoms with Crippen molar-refractivity contribution in [2.45, 2.75) is 39.2 Å². The highest BCUT2D eigenvalue weighted by atomic mass is 16.2. The number of nitrogens with zero attached hydrogens (tertiary/aromatic N) is 1. The van der Waals surface area contributed by atoms with Gasteiger partial charge in [0.05, 0.1) is 6.54 Å². The molecule has 0 spiro atoms. The quantitative estimate of drug-likeness (QED) is 0.769. The molecule has 0 aromatic rings. The number of piperazine rings is 1. The van der Waals surface area contributed by atoms with E-state index in [2.05, 4.69) is 5.32 Å². The van der Waals surface area contributed by atoms with Gasteiger partial charge in [-0.2, -0.15) is 0 Å². The number of rotatable bonds is 3. The highest BCUT2D eigenvalue weighted by Crippen LogP contribution is 2.29. The van der Waals surface area contributed by atoms with Gasteiger partial charge in [0.2, 0.25) is 11.8 Å². The van der Waals surface area contributed by atoms with Gasteiger partial charge in [-0.25, -0.2) is 0 Å². The lowest BCUT2D eigenvalue weighted by Crippen LogP contribution is -2.61. The molecule has 2 amide bonds. The van der Waals surface area contributed by atoms with E-state index in [1.165, 1.54) is 19.3 Å². The molecule has 2 aliphatic rings. The van der Waals surface area contributed by atoms with E-state index in [-0.39, 0.29) is 30.3 Å². The number of carbonyl (C=O) groups excluding carboxylic acids is 2. The van der Waals surface area contributed by atoms with Crippen molar-refractivity contribution < 1.29 is 9.59 Å². The average molecular weight is 224 g/mol. The molecular weight excluding hydrogens is 204 g/mol. The maximum atomic E-state index is 11.8. The Morgan fingerprint density at radius 1 is 1.38 bits per heavy atom. The monoisotopic (exact) mass is 224 g/mol. The summed E-state index contributed by atoms with van der Waals surface area (Å²) in [6.07, 6.45) is 3.68. The second-order valence-corrected chi connectivity index (χ2v) is 5.25. The number of hydrogen-bond acceptors (Lipinski definition) is 2. The van der Waals surface area contributed by atoms with Crippen LogP contribution >= 0.6 is 0 Å². The van der Waals surface area contributed by atoms with Gasteiger partial charge in [-0.1, -0.05) is 20.3 Å². The summed E-state index contributed by atoms with van der Waals surface area (Å²) in [5.74, 6) is 0.888. The molecule has 1 saturated carbocycles. The predicted molar refractivity (Wildman–Crippen MR) is 60.7 cm³/mol. The molecule has 1 aliphatic carbocycles. The van der Waals surface area contributed by atoms with Crippen molar-refractivity contribution >= 4 is 11.8 Å². The minimum atomic E-state index is -0.262. The Bertz CT molecular complexity index is 297. The molecule has 4 heteroatoms. The Morgan fingerprint density at radius 3 is 2.56 bits per heavy atom. The Hall–Kier alpha value is -1.06. The molecule has 1 saturated heterocycles. The normalized spacial score (nSPS) is 26.9. The lowest BCUT2D eigenvalue weighted by molar-refractivity contribution is -0.148. The Kier molecular flexibility index (Phi) is 3.17. The van der Waals surface area contributed by atoms with Crippen molar-refractivity contribution in [3.8, 4) is 0 Å². The Labute approximate surface area is 96.4 Å². The summed E-state index contributed by atoms with van der Waals surface area (Å²) in [5, 5.41) is 2.67. The summed E-state index contributed by atoms with van der Waals surface area (Å²) in [6.45, 7) is 4.94. The zero-order chi connectivity index (χ0) is 11.7. The lowest BCUT2D eigenvalue weighted by Gasteiger charge is -2.41. The van der Waals surface area contributed by atoms with E-state index in [0.717, 1.165) is 6.54 Å². The summed E-state index contributed by atoms with van der Waals surface area (Å²) in [7, 11) is 0. The van der Waals surface area contributed by atoms with Crippen molar-refractivity contribution in [3.05, 3.63) is 0 Å². The molecule has 1 heterocycles. The van der Waals surface area contributed by atoms with Gasteiger partial charge in [-0.15, -0.1) is 0 Å². The maximum Gasteiger partial charge on any atom is 0.243 e. The summed E-state index contributed by atoms with van der Waals surface area (Å²) in [5.41, 5.74) is 0. The van der Waals surface area contributed by atoms with Gasteiger partial charge in [-0.05, 0) is 24.7 Å². The van der Waals surface area contributed by atoms with Crippen molar-refractivity contribution in [1.29, 1.82) is 0 Å². The predicted octanol–water partition coefficient (Wildman–Crippen LogP) is 0.769. The van der Waals surface area contributed by atoms with Crippen LogP contribution in [0, 0.1) is 11.8 Å². The molecule has 1 unspecified atom stereocenters. The van der Waals surface area contributed by atoms with Crippen LogP contribution in [0.5, 0.6) is 0 Å². The van der Waals surface area contributed by atoms with Gasteiger partial charge in [0.25, 0.3) is 0 Å². The first kappa shape index (κ1) is 11.4. The fourth-order valence-electron chi connectivity index (χ4n) is 2.50. The number of nitrogens with one attached hydrogen (secondary N) is 1. The van der Waals surface area contributed by atoms with E-state index in [1.54, 1.807) is 4.90 Å². The van der Waals surface area contributed by atoms with Gasteiger partial charge < -0.3 is 10.2 Å². The van der Waals surface area contributed by atoms with E-state index >= 15 is 0 Å². The van der Waals surface area contributed by atoms with Gasteiger partial charge in [0.15, 0.2) is 0 Å². The van der Waals surface area contributed by atoms with Crippen LogP contribution in [0.15, 0.2) is 0 Å². The minimum absolute atomic E-state index is 0.00826. The van der Waals surface area contributed by atoms with Gasteiger partial charge in [0.1, 0.15) is 6.04 Å². The first-order valence-corrected chi connectivity index (χ1v) is 6.16. The third kappa shape index (κ3) is 2.06. The molecule has 90 valence electrons. The standard InChI is InChI=1S/C12H20N2O2/c1-8(2)11-12(16)13-6-10(15)14(11)7-9-4-3-5-9/h8-9,11H,3-7H2,1-2H3,(H,13,16). The van der Waals surface area contributed by atoms with E-state index in [4.69, 9.17) is 0 Å². The van der Waals surface area contributed by atoms with Crippen LogP contribution in [-0.2, 0) is 9.59 Å². The zero-order valence-corrected chi connectivity index (χ0v) is 10.0.